The molecule has 198 valence electrons. The van der Waals surface area contributed by atoms with Crippen molar-refractivity contribution in [3.05, 3.63) is 24.0 Å². The van der Waals surface area contributed by atoms with Gasteiger partial charge in [-0.15, -0.1) is 0 Å². The Morgan fingerprint density at radius 3 is 2.65 bits per heavy atom. The van der Waals surface area contributed by atoms with Crippen LogP contribution < -0.4 is 0 Å². The molecule has 2 saturated carbocycles. The van der Waals surface area contributed by atoms with Crippen LogP contribution >= 0.6 is 0 Å². The van der Waals surface area contributed by atoms with Crippen molar-refractivity contribution in [2.24, 2.45) is 17.8 Å². The van der Waals surface area contributed by atoms with Gasteiger partial charge in [0.05, 0.1) is 24.0 Å². The molecule has 0 bridgehead atoms. The lowest BCUT2D eigenvalue weighted by Crippen LogP contribution is -2.45. The number of Topliss-reactive ketones (excluding diaryl/α,β-unsaturated/α-hetero) is 2. The van der Waals surface area contributed by atoms with Crippen molar-refractivity contribution < 1.29 is 23.9 Å². The van der Waals surface area contributed by atoms with Gasteiger partial charge < -0.3 is 9.64 Å². The number of ketones is 2. The fraction of sp³-hybridized carbons (Fsp3) is 0.643. The number of carbonyl (C=O) groups is 4. The van der Waals surface area contributed by atoms with Gasteiger partial charge in [0.2, 0.25) is 5.91 Å². The molecule has 9 nitrogen and oxygen atoms in total. The van der Waals surface area contributed by atoms with E-state index in [9.17, 15) is 19.2 Å². The zero-order valence-electron chi connectivity index (χ0n) is 21.7. The quantitative estimate of drug-likeness (QED) is 0.355. The third-order valence-electron chi connectivity index (χ3n) is 8.30. The molecule has 5 rings (SSSR count). The summed E-state index contributed by atoms with van der Waals surface area (Å²) >= 11 is 0. The number of carbonyl (C=O) groups excluding carboxylic acids is 4. The Bertz CT molecular complexity index is 1200. The van der Waals surface area contributed by atoms with E-state index in [4.69, 9.17) is 4.74 Å². The van der Waals surface area contributed by atoms with Crippen LogP contribution in [-0.2, 0) is 25.7 Å². The van der Waals surface area contributed by atoms with Gasteiger partial charge in [-0.3, -0.25) is 19.2 Å². The number of amides is 1. The molecule has 1 saturated heterocycles. The Kier molecular flexibility index (Phi) is 7.40. The second-order valence-corrected chi connectivity index (χ2v) is 10.9. The summed E-state index contributed by atoms with van der Waals surface area (Å²) in [6.07, 6.45) is 9.70. The average Bonchev–Trinajstić information content (AvgIpc) is 3.39. The summed E-state index contributed by atoms with van der Waals surface area (Å²) in [5.74, 6) is -0.422. The minimum Gasteiger partial charge on any atom is -0.466 e. The second-order valence-electron chi connectivity index (χ2n) is 10.9. The van der Waals surface area contributed by atoms with Gasteiger partial charge in [-0.25, -0.2) is 9.67 Å². The molecule has 3 fully saturated rings. The molecule has 2 aliphatic carbocycles. The van der Waals surface area contributed by atoms with Crippen molar-refractivity contribution in [3.63, 3.8) is 0 Å². The first-order valence-electron chi connectivity index (χ1n) is 13.7. The normalized spacial score (nSPS) is 24.1. The van der Waals surface area contributed by atoms with Gasteiger partial charge in [0, 0.05) is 25.6 Å². The van der Waals surface area contributed by atoms with E-state index < -0.39 is 12.0 Å². The Hall–Kier alpha value is -3.10. The minimum atomic E-state index is -0.526. The zero-order valence-corrected chi connectivity index (χ0v) is 21.7. The maximum atomic E-state index is 13.6. The molecular weight excluding hydrogens is 472 g/mol. The van der Waals surface area contributed by atoms with E-state index in [2.05, 4.69) is 10.1 Å². The Balaban J connectivity index is 1.31. The number of piperidine rings is 1. The highest BCUT2D eigenvalue weighted by Gasteiger charge is 2.56. The SMILES string of the molecule is CCOC(=O)[C@@H](CC(=O)[C@@H]1C[C@H]2C[C@H]2N1C(=O)Cn1nc(C(C)=O)c2cccnc21)CC1CCCCC1. The summed E-state index contributed by atoms with van der Waals surface area (Å²) in [5.41, 5.74) is 0.763. The van der Waals surface area contributed by atoms with Gasteiger partial charge in [0.25, 0.3) is 0 Å². The van der Waals surface area contributed by atoms with E-state index in [1.807, 2.05) is 0 Å². The second kappa shape index (κ2) is 10.7. The summed E-state index contributed by atoms with van der Waals surface area (Å²) in [7, 11) is 0. The van der Waals surface area contributed by atoms with Gasteiger partial charge in [0.1, 0.15) is 12.2 Å². The Morgan fingerprint density at radius 2 is 1.92 bits per heavy atom. The lowest BCUT2D eigenvalue weighted by Gasteiger charge is -2.29. The van der Waals surface area contributed by atoms with Crippen molar-refractivity contribution in [2.45, 2.75) is 90.3 Å². The number of rotatable bonds is 10. The van der Waals surface area contributed by atoms with E-state index in [1.54, 1.807) is 30.2 Å². The third-order valence-corrected chi connectivity index (χ3v) is 8.30. The number of aromatic nitrogens is 3. The minimum absolute atomic E-state index is 0.0534. The van der Waals surface area contributed by atoms with Gasteiger partial charge >= 0.3 is 5.97 Å². The van der Waals surface area contributed by atoms with Crippen LogP contribution in [0.2, 0.25) is 0 Å². The van der Waals surface area contributed by atoms with Crippen molar-refractivity contribution >= 4 is 34.5 Å². The molecule has 37 heavy (non-hydrogen) atoms. The number of nitrogens with zero attached hydrogens (tertiary/aromatic N) is 4. The summed E-state index contributed by atoms with van der Waals surface area (Å²) in [4.78, 5) is 58.0. The standard InChI is InChI=1S/C28H36N4O5/c1-3-37-28(36)20(12-18-8-5-4-6-9-18)15-24(34)23-14-19-13-22(19)32(23)25(35)16-31-27-21(10-7-11-29-27)26(30-31)17(2)33/h7,10-11,18-20,22-23H,3-6,8-9,12-16H2,1-2H3/t19-,20-,22-,23+/m1/s1. The molecule has 0 radical (unpaired) electrons. The van der Waals surface area contributed by atoms with Crippen LogP contribution in [0, 0.1) is 17.8 Å². The Labute approximate surface area is 216 Å². The topological polar surface area (TPSA) is 111 Å². The molecule has 9 heteroatoms. The van der Waals surface area contributed by atoms with Crippen LogP contribution in [0.25, 0.3) is 11.0 Å². The number of hydrogen-bond acceptors (Lipinski definition) is 7. The van der Waals surface area contributed by atoms with Gasteiger partial charge in [-0.1, -0.05) is 32.1 Å². The first-order chi connectivity index (χ1) is 17.9. The van der Waals surface area contributed by atoms with Crippen molar-refractivity contribution in [1.29, 1.82) is 0 Å². The summed E-state index contributed by atoms with van der Waals surface area (Å²) < 4.78 is 6.81. The van der Waals surface area contributed by atoms with E-state index in [0.717, 1.165) is 19.3 Å². The van der Waals surface area contributed by atoms with Crippen LogP contribution in [0.1, 0.15) is 82.1 Å². The largest absolute Gasteiger partial charge is 0.466 e. The van der Waals surface area contributed by atoms with Crippen LogP contribution in [-0.4, -0.2) is 61.8 Å². The molecule has 3 heterocycles. The summed E-state index contributed by atoms with van der Waals surface area (Å²) in [6.45, 7) is 3.43. The molecule has 0 unspecified atom stereocenters. The summed E-state index contributed by atoms with van der Waals surface area (Å²) in [6, 6.07) is 3.04. The van der Waals surface area contributed by atoms with Crippen molar-refractivity contribution in [1.82, 2.24) is 19.7 Å². The van der Waals surface area contributed by atoms with Crippen LogP contribution in [0.15, 0.2) is 18.3 Å². The lowest BCUT2D eigenvalue weighted by molar-refractivity contribution is -0.151. The van der Waals surface area contributed by atoms with Gasteiger partial charge in [0.15, 0.2) is 17.2 Å². The van der Waals surface area contributed by atoms with E-state index in [-0.39, 0.29) is 48.1 Å². The van der Waals surface area contributed by atoms with Crippen LogP contribution in [0.5, 0.6) is 0 Å². The summed E-state index contributed by atoms with van der Waals surface area (Å²) in [5, 5.41) is 4.99. The highest BCUT2D eigenvalue weighted by molar-refractivity contribution is 6.04. The number of pyridine rings is 1. The maximum Gasteiger partial charge on any atom is 0.309 e. The average molecular weight is 509 g/mol. The molecule has 4 atom stereocenters. The highest BCUT2D eigenvalue weighted by atomic mass is 16.5. The van der Waals surface area contributed by atoms with E-state index in [0.29, 0.717) is 42.3 Å². The van der Waals surface area contributed by atoms with Crippen LogP contribution in [0.3, 0.4) is 0 Å². The molecule has 3 aliphatic rings. The molecule has 1 aliphatic heterocycles. The van der Waals surface area contributed by atoms with E-state index >= 15 is 0 Å². The number of esters is 1. The molecule has 0 aromatic carbocycles. The lowest BCUT2D eigenvalue weighted by atomic mass is 9.80. The maximum absolute atomic E-state index is 13.6. The van der Waals surface area contributed by atoms with Crippen LogP contribution in [0.4, 0.5) is 0 Å². The third kappa shape index (κ3) is 5.31. The first-order valence-corrected chi connectivity index (χ1v) is 13.7. The smallest absolute Gasteiger partial charge is 0.309 e. The first kappa shape index (κ1) is 25.5. The molecule has 2 aromatic rings. The predicted octanol–water partition coefficient (Wildman–Crippen LogP) is 3.73. The van der Waals surface area contributed by atoms with Gasteiger partial charge in [-0.2, -0.15) is 5.10 Å². The fourth-order valence-corrected chi connectivity index (χ4v) is 6.42. The molecule has 0 N–H and O–H groups in total. The number of hydrogen-bond donors (Lipinski definition) is 0. The molecular formula is C28H36N4O5. The number of ether oxygens (including phenoxy) is 1. The monoisotopic (exact) mass is 508 g/mol. The number of fused-ring (bicyclic) bond motifs is 2. The van der Waals surface area contributed by atoms with Crippen molar-refractivity contribution in [3.8, 4) is 0 Å². The highest BCUT2D eigenvalue weighted by Crippen LogP contribution is 2.48. The molecule has 0 spiro atoms. The zero-order chi connectivity index (χ0) is 26.1. The van der Waals surface area contributed by atoms with E-state index in [1.165, 1.54) is 30.9 Å². The Morgan fingerprint density at radius 1 is 1.14 bits per heavy atom. The predicted molar refractivity (Wildman–Crippen MR) is 136 cm³/mol. The number of likely N-dealkylation sites (tertiary alicyclic amines) is 1. The molecule has 2 aromatic heterocycles. The molecule has 1 amide bonds. The van der Waals surface area contributed by atoms with Crippen molar-refractivity contribution in [2.75, 3.05) is 6.61 Å². The fourth-order valence-electron chi connectivity index (χ4n) is 6.42. The van der Waals surface area contributed by atoms with Gasteiger partial charge in [-0.05, 0) is 50.2 Å².